The fourth-order valence-electron chi connectivity index (χ4n) is 2.92. The predicted octanol–water partition coefficient (Wildman–Crippen LogP) is 2.57. The molecule has 1 saturated heterocycles. The second kappa shape index (κ2) is 8.05. The molecule has 150 valence electrons. The first-order valence-corrected chi connectivity index (χ1v) is 8.20. The Kier molecular flexibility index (Phi) is 6.21. The third-order valence-corrected chi connectivity index (χ3v) is 4.34. The van der Waals surface area contributed by atoms with E-state index in [4.69, 9.17) is 0 Å². The molecule has 1 aliphatic heterocycles. The monoisotopic (exact) mass is 391 g/mol. The summed E-state index contributed by atoms with van der Waals surface area (Å²) in [7, 11) is 1.98. The Hall–Kier alpha value is -2.47. The summed E-state index contributed by atoms with van der Waals surface area (Å²) in [6, 6.07) is 0.193. The van der Waals surface area contributed by atoms with E-state index in [1.165, 1.54) is 0 Å². The van der Waals surface area contributed by atoms with Crippen LogP contribution in [0, 0.1) is 20.2 Å². The normalized spacial score (nSPS) is 17.5. The van der Waals surface area contributed by atoms with E-state index in [1.807, 2.05) is 7.05 Å². The Labute approximate surface area is 153 Å². The zero-order chi connectivity index (χ0) is 20.4. The third kappa shape index (κ3) is 5.26. The standard InChI is InChI=1S/C15H20F3N5O4/c1-10(9-21-5-3-20(2)4-6-21)19-14-12(22(24)25)7-11(15(16,17)18)8-13(14)23(26)27/h7-8,10,19H,3-6,9H2,1-2H3. The largest absolute Gasteiger partial charge is 0.416 e. The van der Waals surface area contributed by atoms with E-state index < -0.39 is 44.7 Å². The molecule has 1 atom stereocenters. The number of benzene rings is 1. The van der Waals surface area contributed by atoms with Crippen LogP contribution in [0.1, 0.15) is 12.5 Å². The van der Waals surface area contributed by atoms with Crippen LogP contribution in [0.4, 0.5) is 30.2 Å². The van der Waals surface area contributed by atoms with Gasteiger partial charge in [-0.05, 0) is 14.0 Å². The lowest BCUT2D eigenvalue weighted by Gasteiger charge is -2.34. The number of rotatable bonds is 6. The fraction of sp³-hybridized carbons (Fsp3) is 0.600. The lowest BCUT2D eigenvalue weighted by Crippen LogP contribution is -2.47. The van der Waals surface area contributed by atoms with Crippen LogP contribution in [-0.2, 0) is 6.18 Å². The first-order valence-electron chi connectivity index (χ1n) is 8.20. The molecule has 0 spiro atoms. The van der Waals surface area contributed by atoms with Crippen molar-refractivity contribution in [3.05, 3.63) is 37.9 Å². The summed E-state index contributed by atoms with van der Waals surface area (Å²) in [6.45, 7) is 5.33. The molecule has 27 heavy (non-hydrogen) atoms. The van der Waals surface area contributed by atoms with Gasteiger partial charge in [-0.1, -0.05) is 0 Å². The smallest absolute Gasteiger partial charge is 0.370 e. The van der Waals surface area contributed by atoms with Crippen LogP contribution < -0.4 is 5.32 Å². The van der Waals surface area contributed by atoms with E-state index in [-0.39, 0.29) is 0 Å². The van der Waals surface area contributed by atoms with Gasteiger partial charge in [0.15, 0.2) is 5.69 Å². The van der Waals surface area contributed by atoms with Crippen LogP contribution in [0.25, 0.3) is 0 Å². The molecule has 1 heterocycles. The highest BCUT2D eigenvalue weighted by molar-refractivity contribution is 5.75. The van der Waals surface area contributed by atoms with Crippen molar-refractivity contribution in [2.24, 2.45) is 0 Å². The van der Waals surface area contributed by atoms with Gasteiger partial charge in [0.05, 0.1) is 15.4 Å². The van der Waals surface area contributed by atoms with Crippen LogP contribution in [0.3, 0.4) is 0 Å². The molecule has 9 nitrogen and oxygen atoms in total. The lowest BCUT2D eigenvalue weighted by molar-refractivity contribution is -0.392. The number of hydrogen-bond donors (Lipinski definition) is 1. The van der Waals surface area contributed by atoms with Crippen molar-refractivity contribution in [1.29, 1.82) is 0 Å². The molecule has 2 rings (SSSR count). The summed E-state index contributed by atoms with van der Waals surface area (Å²) >= 11 is 0. The number of likely N-dealkylation sites (N-methyl/N-ethyl adjacent to an activating group) is 1. The number of piperazine rings is 1. The number of halogens is 3. The van der Waals surface area contributed by atoms with Gasteiger partial charge in [-0.3, -0.25) is 25.1 Å². The van der Waals surface area contributed by atoms with Gasteiger partial charge in [-0.2, -0.15) is 13.2 Å². The van der Waals surface area contributed by atoms with E-state index in [2.05, 4.69) is 15.1 Å². The lowest BCUT2D eigenvalue weighted by atomic mass is 10.1. The predicted molar refractivity (Wildman–Crippen MR) is 91.8 cm³/mol. The summed E-state index contributed by atoms with van der Waals surface area (Å²) in [6.07, 6.45) is -4.93. The van der Waals surface area contributed by atoms with Crippen molar-refractivity contribution < 1.29 is 23.0 Å². The number of alkyl halides is 3. The first kappa shape index (κ1) is 20.8. The first-order chi connectivity index (χ1) is 12.5. The second-order valence-electron chi connectivity index (χ2n) is 6.55. The fourth-order valence-corrected chi connectivity index (χ4v) is 2.92. The molecule has 1 aromatic rings. The van der Waals surface area contributed by atoms with Crippen LogP contribution in [0.15, 0.2) is 12.1 Å². The highest BCUT2D eigenvalue weighted by Gasteiger charge is 2.38. The summed E-state index contributed by atoms with van der Waals surface area (Å²) < 4.78 is 38.8. The van der Waals surface area contributed by atoms with Crippen molar-refractivity contribution in [3.63, 3.8) is 0 Å². The van der Waals surface area contributed by atoms with E-state index in [1.54, 1.807) is 6.92 Å². The SMILES string of the molecule is CC(CN1CCN(C)CC1)Nc1c([N+](=O)[O-])cc(C(F)(F)F)cc1[N+](=O)[O-]. The molecule has 1 unspecified atom stereocenters. The number of anilines is 1. The Morgan fingerprint density at radius 2 is 1.59 bits per heavy atom. The minimum atomic E-state index is -4.93. The van der Waals surface area contributed by atoms with Crippen LogP contribution >= 0.6 is 0 Å². The number of nitro groups is 2. The molecule has 12 heteroatoms. The zero-order valence-corrected chi connectivity index (χ0v) is 14.8. The minimum Gasteiger partial charge on any atom is -0.370 e. The summed E-state index contributed by atoms with van der Waals surface area (Å²) in [5, 5.41) is 25.2. The van der Waals surface area contributed by atoms with Crippen molar-refractivity contribution in [1.82, 2.24) is 9.80 Å². The Morgan fingerprint density at radius 1 is 1.11 bits per heavy atom. The van der Waals surface area contributed by atoms with Gasteiger partial charge >= 0.3 is 6.18 Å². The minimum absolute atomic E-state index is 0.317. The van der Waals surface area contributed by atoms with Gasteiger partial charge in [0.2, 0.25) is 0 Å². The summed E-state index contributed by atoms with van der Waals surface area (Å²) in [5.74, 6) is 0. The summed E-state index contributed by atoms with van der Waals surface area (Å²) in [5.41, 5.74) is -3.89. The topological polar surface area (TPSA) is 105 Å². The highest BCUT2D eigenvalue weighted by atomic mass is 19.4. The Balaban J connectivity index is 2.30. The van der Waals surface area contributed by atoms with Gasteiger partial charge in [0, 0.05) is 50.9 Å². The zero-order valence-electron chi connectivity index (χ0n) is 14.8. The molecule has 0 amide bonds. The quantitative estimate of drug-likeness (QED) is 0.587. The van der Waals surface area contributed by atoms with Gasteiger partial charge in [0.25, 0.3) is 11.4 Å². The number of nitro benzene ring substituents is 2. The Morgan fingerprint density at radius 3 is 2.00 bits per heavy atom. The molecular formula is C15H20F3N5O4. The molecular weight excluding hydrogens is 371 g/mol. The number of nitrogens with zero attached hydrogens (tertiary/aromatic N) is 4. The maximum absolute atomic E-state index is 12.9. The van der Waals surface area contributed by atoms with Crippen molar-refractivity contribution in [2.45, 2.75) is 19.1 Å². The summed E-state index contributed by atoms with van der Waals surface area (Å²) in [4.78, 5) is 24.6. The number of nitrogens with one attached hydrogen (secondary N) is 1. The highest BCUT2D eigenvalue weighted by Crippen LogP contribution is 2.41. The van der Waals surface area contributed by atoms with Gasteiger partial charge in [-0.25, -0.2) is 0 Å². The molecule has 0 radical (unpaired) electrons. The van der Waals surface area contributed by atoms with Gasteiger partial charge in [0.1, 0.15) is 0 Å². The molecule has 1 aromatic carbocycles. The van der Waals surface area contributed by atoms with Gasteiger partial charge < -0.3 is 10.2 Å². The van der Waals surface area contributed by atoms with Gasteiger partial charge in [-0.15, -0.1) is 0 Å². The average molecular weight is 391 g/mol. The molecule has 1 aliphatic rings. The molecule has 0 saturated carbocycles. The third-order valence-electron chi connectivity index (χ3n) is 4.34. The van der Waals surface area contributed by atoms with Crippen molar-refractivity contribution in [3.8, 4) is 0 Å². The molecule has 0 aromatic heterocycles. The molecule has 1 N–H and O–H groups in total. The van der Waals surface area contributed by atoms with Crippen molar-refractivity contribution >= 4 is 17.1 Å². The van der Waals surface area contributed by atoms with E-state index in [0.717, 1.165) is 26.2 Å². The van der Waals surface area contributed by atoms with E-state index >= 15 is 0 Å². The van der Waals surface area contributed by atoms with Crippen LogP contribution in [0.5, 0.6) is 0 Å². The average Bonchev–Trinajstić information content (AvgIpc) is 2.55. The molecule has 0 bridgehead atoms. The van der Waals surface area contributed by atoms with Crippen LogP contribution in [0.2, 0.25) is 0 Å². The second-order valence-corrected chi connectivity index (χ2v) is 6.55. The van der Waals surface area contributed by atoms with Crippen molar-refractivity contribution in [2.75, 3.05) is 45.1 Å². The maximum Gasteiger partial charge on any atom is 0.416 e. The maximum atomic E-state index is 12.9. The molecule has 0 aliphatic carbocycles. The van der Waals surface area contributed by atoms with E-state index in [0.29, 0.717) is 18.7 Å². The van der Waals surface area contributed by atoms with E-state index in [9.17, 15) is 33.4 Å². The molecule has 1 fully saturated rings. The number of hydrogen-bond acceptors (Lipinski definition) is 7. The van der Waals surface area contributed by atoms with Crippen LogP contribution in [-0.4, -0.2) is 65.5 Å². The Bertz CT molecular complexity index is 685.